The van der Waals surface area contributed by atoms with Crippen LogP contribution in [0.5, 0.6) is 0 Å². The van der Waals surface area contributed by atoms with Crippen molar-refractivity contribution in [1.29, 1.82) is 0 Å². The molecule has 5 heteroatoms. The highest BCUT2D eigenvalue weighted by Crippen LogP contribution is 2.51. The third kappa shape index (κ3) is 3.18. The standard InChI is InChI=1S/C24H27NO4/c1-4-13-25(14-5-1)23-22(19-9-2-6-15-26-19)29-18-12-24(23,21-11-8-17-28-21)20-10-3-7-16-27-20/h1-2,4,6-9,12,15-21H,3,5,10-11,13-14H2. The third-order valence-corrected chi connectivity index (χ3v) is 6.21. The zero-order valence-corrected chi connectivity index (χ0v) is 16.5. The van der Waals surface area contributed by atoms with E-state index in [0.29, 0.717) is 0 Å². The van der Waals surface area contributed by atoms with E-state index in [9.17, 15) is 0 Å². The average Bonchev–Trinajstić information content (AvgIpc) is 3.36. The molecule has 0 bridgehead atoms. The predicted molar refractivity (Wildman–Crippen MR) is 110 cm³/mol. The van der Waals surface area contributed by atoms with Crippen LogP contribution in [0, 0.1) is 5.41 Å². The highest BCUT2D eigenvalue weighted by atomic mass is 16.5. The van der Waals surface area contributed by atoms with Crippen molar-refractivity contribution in [2.75, 3.05) is 13.1 Å². The monoisotopic (exact) mass is 393 g/mol. The van der Waals surface area contributed by atoms with Crippen LogP contribution in [-0.4, -0.2) is 36.3 Å². The third-order valence-electron chi connectivity index (χ3n) is 6.21. The van der Waals surface area contributed by atoms with E-state index in [1.54, 1.807) is 12.5 Å². The second-order valence-corrected chi connectivity index (χ2v) is 7.85. The summed E-state index contributed by atoms with van der Waals surface area (Å²) in [4.78, 5) is 2.41. The molecule has 29 heavy (non-hydrogen) atoms. The lowest BCUT2D eigenvalue weighted by molar-refractivity contribution is -0.0522. The van der Waals surface area contributed by atoms with Gasteiger partial charge in [0.25, 0.3) is 0 Å². The zero-order chi connectivity index (χ0) is 19.5. The number of allylic oxidation sites excluding steroid dienone is 3. The van der Waals surface area contributed by atoms with Crippen LogP contribution in [-0.2, 0) is 18.9 Å². The maximum Gasteiger partial charge on any atom is 0.175 e. The number of hydrogen-bond donors (Lipinski definition) is 0. The molecule has 5 heterocycles. The predicted octanol–water partition coefficient (Wildman–Crippen LogP) is 4.45. The van der Waals surface area contributed by atoms with Crippen LogP contribution in [0.3, 0.4) is 0 Å². The second-order valence-electron chi connectivity index (χ2n) is 7.85. The fourth-order valence-electron chi connectivity index (χ4n) is 4.88. The average molecular weight is 393 g/mol. The lowest BCUT2D eigenvalue weighted by Gasteiger charge is -2.49. The van der Waals surface area contributed by atoms with E-state index in [4.69, 9.17) is 18.9 Å². The SMILES string of the molecule is C1=COC(C2=C(N3CC=CCC3)C(C3CC=CO3)(C3CCC=CO3)C=CO2)C=C1. The van der Waals surface area contributed by atoms with Gasteiger partial charge in [-0.15, -0.1) is 0 Å². The van der Waals surface area contributed by atoms with Gasteiger partial charge in [-0.05, 0) is 49.6 Å². The Hall–Kier alpha value is -2.82. The van der Waals surface area contributed by atoms with Gasteiger partial charge in [0.2, 0.25) is 0 Å². The van der Waals surface area contributed by atoms with E-state index >= 15 is 0 Å². The molecule has 0 aliphatic carbocycles. The molecule has 0 N–H and O–H groups in total. The number of hydrogen-bond acceptors (Lipinski definition) is 5. The van der Waals surface area contributed by atoms with Crippen molar-refractivity contribution < 1.29 is 18.9 Å². The molecule has 0 fully saturated rings. The van der Waals surface area contributed by atoms with Gasteiger partial charge in [0.15, 0.2) is 11.9 Å². The molecule has 0 saturated heterocycles. The van der Waals surface area contributed by atoms with Gasteiger partial charge in [0.1, 0.15) is 17.6 Å². The van der Waals surface area contributed by atoms with Crippen LogP contribution >= 0.6 is 0 Å². The summed E-state index contributed by atoms with van der Waals surface area (Å²) >= 11 is 0. The van der Waals surface area contributed by atoms with E-state index in [1.807, 2.05) is 30.8 Å². The first-order chi connectivity index (χ1) is 14.4. The van der Waals surface area contributed by atoms with Crippen LogP contribution in [0.15, 0.2) is 85.1 Å². The quantitative estimate of drug-likeness (QED) is 0.660. The molecule has 152 valence electrons. The van der Waals surface area contributed by atoms with Crippen LogP contribution in [0.4, 0.5) is 0 Å². The summed E-state index contributed by atoms with van der Waals surface area (Å²) in [6, 6.07) is 0. The normalized spacial score (nSPS) is 35.3. The summed E-state index contributed by atoms with van der Waals surface area (Å²) in [7, 11) is 0. The van der Waals surface area contributed by atoms with Gasteiger partial charge in [-0.3, -0.25) is 0 Å². The smallest absolute Gasteiger partial charge is 0.175 e. The topological polar surface area (TPSA) is 40.2 Å². The molecule has 0 radical (unpaired) electrons. The molecule has 0 saturated carbocycles. The van der Waals surface area contributed by atoms with E-state index in [1.165, 1.54) is 0 Å². The molecule has 4 unspecified atom stereocenters. The summed E-state index contributed by atoms with van der Waals surface area (Å²) in [6.45, 7) is 1.77. The Balaban J connectivity index is 1.66. The van der Waals surface area contributed by atoms with Gasteiger partial charge in [0.05, 0.1) is 30.7 Å². The molecule has 5 rings (SSSR count). The minimum absolute atomic E-state index is 0.0310. The van der Waals surface area contributed by atoms with Crippen molar-refractivity contribution in [1.82, 2.24) is 4.90 Å². The number of rotatable bonds is 4. The number of nitrogens with zero attached hydrogens (tertiary/aromatic N) is 1. The molecule has 4 atom stereocenters. The first-order valence-electron chi connectivity index (χ1n) is 10.5. The fourth-order valence-corrected chi connectivity index (χ4v) is 4.88. The van der Waals surface area contributed by atoms with E-state index < -0.39 is 5.41 Å². The zero-order valence-electron chi connectivity index (χ0n) is 16.5. The Morgan fingerprint density at radius 2 is 1.79 bits per heavy atom. The van der Waals surface area contributed by atoms with Gasteiger partial charge in [-0.1, -0.05) is 18.2 Å². The minimum atomic E-state index is -0.453. The summed E-state index contributed by atoms with van der Waals surface area (Å²) in [6.07, 6.45) is 27.4. The molecular formula is C24H27NO4. The molecule has 0 aromatic carbocycles. The molecular weight excluding hydrogens is 366 g/mol. The van der Waals surface area contributed by atoms with Crippen molar-refractivity contribution in [3.05, 3.63) is 85.1 Å². The summed E-state index contributed by atoms with van der Waals surface area (Å²) in [5.74, 6) is 0.831. The second kappa shape index (κ2) is 7.90. The first-order valence-corrected chi connectivity index (χ1v) is 10.5. The van der Waals surface area contributed by atoms with E-state index in [-0.39, 0.29) is 18.3 Å². The van der Waals surface area contributed by atoms with Crippen LogP contribution < -0.4 is 0 Å². The highest BCUT2D eigenvalue weighted by Gasteiger charge is 2.55. The lowest BCUT2D eigenvalue weighted by atomic mass is 9.69. The van der Waals surface area contributed by atoms with Crippen LogP contribution in [0.25, 0.3) is 0 Å². The maximum absolute atomic E-state index is 6.24. The number of ether oxygens (including phenoxy) is 4. The van der Waals surface area contributed by atoms with Gasteiger partial charge < -0.3 is 23.8 Å². The lowest BCUT2D eigenvalue weighted by Crippen LogP contribution is -2.53. The van der Waals surface area contributed by atoms with Gasteiger partial charge in [-0.2, -0.15) is 0 Å². The van der Waals surface area contributed by atoms with E-state index in [0.717, 1.165) is 50.2 Å². The Labute approximate surface area is 171 Å². The summed E-state index contributed by atoms with van der Waals surface area (Å²) in [5.41, 5.74) is 0.675. The maximum atomic E-state index is 6.24. The fraction of sp³-hybridized carbons (Fsp3) is 0.417. The van der Waals surface area contributed by atoms with Gasteiger partial charge in [-0.25, -0.2) is 0 Å². The molecule has 5 aliphatic rings. The van der Waals surface area contributed by atoms with Crippen molar-refractivity contribution in [3.8, 4) is 0 Å². The van der Waals surface area contributed by atoms with Crippen molar-refractivity contribution >= 4 is 0 Å². The van der Waals surface area contributed by atoms with Gasteiger partial charge >= 0.3 is 0 Å². The Morgan fingerprint density at radius 1 is 0.862 bits per heavy atom. The van der Waals surface area contributed by atoms with Crippen LogP contribution in [0.1, 0.15) is 25.7 Å². The highest BCUT2D eigenvalue weighted by molar-refractivity contribution is 5.37. The van der Waals surface area contributed by atoms with Crippen molar-refractivity contribution in [3.63, 3.8) is 0 Å². The Kier molecular flexibility index (Phi) is 4.96. The van der Waals surface area contributed by atoms with Crippen LogP contribution in [0.2, 0.25) is 0 Å². The van der Waals surface area contributed by atoms with E-state index in [2.05, 4.69) is 35.3 Å². The molecule has 0 amide bonds. The molecule has 0 aromatic heterocycles. The minimum Gasteiger partial charge on any atom is -0.497 e. The largest absolute Gasteiger partial charge is 0.497 e. The Bertz CT molecular complexity index is 826. The van der Waals surface area contributed by atoms with Crippen molar-refractivity contribution in [2.24, 2.45) is 5.41 Å². The molecule has 5 aliphatic heterocycles. The summed E-state index contributed by atoms with van der Waals surface area (Å²) < 4.78 is 24.5. The molecule has 0 aromatic rings. The summed E-state index contributed by atoms with van der Waals surface area (Å²) in [5, 5.41) is 0. The van der Waals surface area contributed by atoms with Crippen molar-refractivity contribution in [2.45, 2.75) is 44.0 Å². The molecule has 5 nitrogen and oxygen atoms in total. The van der Waals surface area contributed by atoms with Gasteiger partial charge in [0, 0.05) is 19.5 Å². The Morgan fingerprint density at radius 3 is 2.52 bits per heavy atom. The molecule has 0 spiro atoms. The first kappa shape index (κ1) is 18.2.